The van der Waals surface area contributed by atoms with Crippen molar-refractivity contribution in [3.8, 4) is 5.75 Å². The van der Waals surface area contributed by atoms with Crippen LogP contribution in [0.3, 0.4) is 0 Å². The van der Waals surface area contributed by atoms with Gasteiger partial charge < -0.3 is 25.2 Å². The Hall–Kier alpha value is -2.33. The topological polar surface area (TPSA) is 69.2 Å². The van der Waals surface area contributed by atoms with Crippen molar-refractivity contribution in [1.82, 2.24) is 15.1 Å². The Morgan fingerprint density at radius 1 is 1.10 bits per heavy atom. The number of rotatable bonds is 9. The third kappa shape index (κ3) is 9.14. The summed E-state index contributed by atoms with van der Waals surface area (Å²) in [5, 5.41) is 6.26. The number of anilines is 1. The number of halogens is 1. The summed E-state index contributed by atoms with van der Waals surface area (Å²) in [6.07, 6.45) is 0. The Bertz CT molecular complexity index is 857. The first kappa shape index (κ1) is 26.7. The number of aliphatic imine (C=N–C) groups is 1. The highest BCUT2D eigenvalue weighted by Gasteiger charge is 2.10. The van der Waals surface area contributed by atoms with Crippen molar-refractivity contribution in [1.29, 1.82) is 0 Å². The minimum atomic E-state index is -0.0365. The molecule has 2 aromatic rings. The summed E-state index contributed by atoms with van der Waals surface area (Å²) < 4.78 is 5.46. The second-order valence-corrected chi connectivity index (χ2v) is 7.32. The van der Waals surface area contributed by atoms with Gasteiger partial charge in [-0.15, -0.1) is 24.0 Å². The standard InChI is InChI=1S/C23H33N5O2.HI/c1-6-24-23(28(4)16-19-11-7-8-13-21(19)30-5)25-15-18-10-9-12-20(14-18)26-22(29)17-27(2)3;/h7-14H,6,15-17H2,1-5H3,(H,24,25)(H,26,29);1H. The van der Waals surface area contributed by atoms with Gasteiger partial charge in [-0.25, -0.2) is 4.99 Å². The number of nitrogens with zero attached hydrogens (tertiary/aromatic N) is 3. The van der Waals surface area contributed by atoms with Crippen LogP contribution in [0, 0.1) is 0 Å². The van der Waals surface area contributed by atoms with Gasteiger partial charge in [-0.05, 0) is 44.8 Å². The summed E-state index contributed by atoms with van der Waals surface area (Å²) in [4.78, 5) is 20.7. The number of methoxy groups -OCH3 is 1. The number of guanidine groups is 1. The zero-order valence-corrected chi connectivity index (χ0v) is 21.3. The van der Waals surface area contributed by atoms with Gasteiger partial charge >= 0.3 is 0 Å². The van der Waals surface area contributed by atoms with E-state index in [4.69, 9.17) is 9.73 Å². The maximum atomic E-state index is 12.0. The highest BCUT2D eigenvalue weighted by molar-refractivity contribution is 14.0. The fraction of sp³-hybridized carbons (Fsp3) is 0.391. The summed E-state index contributed by atoms with van der Waals surface area (Å²) in [6.45, 7) is 4.36. The lowest BCUT2D eigenvalue weighted by atomic mass is 10.2. The van der Waals surface area contributed by atoms with Gasteiger partial charge in [0.25, 0.3) is 0 Å². The molecule has 0 fully saturated rings. The molecule has 0 aliphatic heterocycles. The van der Waals surface area contributed by atoms with E-state index in [0.717, 1.165) is 35.1 Å². The molecule has 0 saturated carbocycles. The molecule has 0 saturated heterocycles. The average molecular weight is 539 g/mol. The van der Waals surface area contributed by atoms with Crippen LogP contribution in [0.5, 0.6) is 5.75 Å². The Labute approximate surface area is 202 Å². The number of likely N-dealkylation sites (N-methyl/N-ethyl adjacent to an activating group) is 1. The van der Waals surface area contributed by atoms with Crippen molar-refractivity contribution in [2.45, 2.75) is 20.0 Å². The normalized spacial score (nSPS) is 11.0. The van der Waals surface area contributed by atoms with E-state index in [1.54, 1.807) is 7.11 Å². The van der Waals surface area contributed by atoms with Crippen LogP contribution in [0.2, 0.25) is 0 Å². The lowest BCUT2D eigenvalue weighted by Crippen LogP contribution is -2.38. The summed E-state index contributed by atoms with van der Waals surface area (Å²) in [7, 11) is 7.43. The molecular formula is C23H34IN5O2. The van der Waals surface area contributed by atoms with Crippen molar-refractivity contribution < 1.29 is 9.53 Å². The largest absolute Gasteiger partial charge is 0.496 e. The highest BCUT2D eigenvalue weighted by Crippen LogP contribution is 2.19. The number of para-hydroxylation sites is 1. The van der Waals surface area contributed by atoms with Crippen LogP contribution < -0.4 is 15.4 Å². The van der Waals surface area contributed by atoms with Gasteiger partial charge in [-0.2, -0.15) is 0 Å². The van der Waals surface area contributed by atoms with Crippen molar-refractivity contribution in [2.24, 2.45) is 4.99 Å². The zero-order valence-electron chi connectivity index (χ0n) is 19.0. The first-order valence-electron chi connectivity index (χ1n) is 10.1. The van der Waals surface area contributed by atoms with E-state index >= 15 is 0 Å². The molecule has 8 heteroatoms. The molecule has 2 rings (SSSR count). The molecule has 2 aromatic carbocycles. The molecule has 0 bridgehead atoms. The summed E-state index contributed by atoms with van der Waals surface area (Å²) >= 11 is 0. The molecule has 1 amide bonds. The third-order valence-electron chi connectivity index (χ3n) is 4.38. The lowest BCUT2D eigenvalue weighted by molar-refractivity contribution is -0.116. The Kier molecular flexibility index (Phi) is 11.9. The van der Waals surface area contributed by atoms with Crippen molar-refractivity contribution >= 4 is 41.5 Å². The summed E-state index contributed by atoms with van der Waals surface area (Å²) in [5.41, 5.74) is 2.90. The fourth-order valence-electron chi connectivity index (χ4n) is 3.04. The van der Waals surface area contributed by atoms with E-state index in [9.17, 15) is 4.79 Å². The van der Waals surface area contributed by atoms with Crippen LogP contribution >= 0.6 is 24.0 Å². The molecular weight excluding hydrogens is 505 g/mol. The monoisotopic (exact) mass is 539 g/mol. The van der Waals surface area contributed by atoms with Crippen LogP contribution in [0.4, 0.5) is 5.69 Å². The number of carbonyl (C=O) groups is 1. The first-order valence-corrected chi connectivity index (χ1v) is 10.1. The fourth-order valence-corrected chi connectivity index (χ4v) is 3.04. The summed E-state index contributed by atoms with van der Waals surface area (Å²) in [5.74, 6) is 1.64. The number of amides is 1. The lowest BCUT2D eigenvalue weighted by Gasteiger charge is -2.23. The van der Waals surface area contributed by atoms with E-state index in [-0.39, 0.29) is 29.9 Å². The number of benzene rings is 2. The summed E-state index contributed by atoms with van der Waals surface area (Å²) in [6, 6.07) is 15.8. The second-order valence-electron chi connectivity index (χ2n) is 7.32. The molecule has 0 radical (unpaired) electrons. The quantitative estimate of drug-likeness (QED) is 0.291. The predicted octanol–water partition coefficient (Wildman–Crippen LogP) is 3.41. The molecule has 7 nitrogen and oxygen atoms in total. The van der Waals surface area contributed by atoms with Crippen LogP contribution in [-0.4, -0.2) is 63.0 Å². The maximum Gasteiger partial charge on any atom is 0.238 e. The second kappa shape index (κ2) is 13.9. The number of hydrogen-bond acceptors (Lipinski definition) is 4. The molecule has 0 aromatic heterocycles. The zero-order chi connectivity index (χ0) is 21.9. The van der Waals surface area contributed by atoms with Crippen LogP contribution in [0.1, 0.15) is 18.1 Å². The van der Waals surface area contributed by atoms with Crippen LogP contribution in [0.25, 0.3) is 0 Å². The third-order valence-corrected chi connectivity index (χ3v) is 4.38. The molecule has 31 heavy (non-hydrogen) atoms. The number of carbonyl (C=O) groups excluding carboxylic acids is 1. The maximum absolute atomic E-state index is 12.0. The molecule has 0 aliphatic rings. The Morgan fingerprint density at radius 2 is 1.84 bits per heavy atom. The van der Waals surface area contributed by atoms with Gasteiger partial charge in [0.2, 0.25) is 5.91 Å². The number of nitrogens with one attached hydrogen (secondary N) is 2. The van der Waals surface area contributed by atoms with E-state index in [2.05, 4.69) is 21.6 Å². The van der Waals surface area contributed by atoms with E-state index in [0.29, 0.717) is 19.6 Å². The minimum absolute atomic E-state index is 0. The smallest absolute Gasteiger partial charge is 0.238 e. The molecule has 0 spiro atoms. The highest BCUT2D eigenvalue weighted by atomic mass is 127. The average Bonchev–Trinajstić information content (AvgIpc) is 2.71. The minimum Gasteiger partial charge on any atom is -0.496 e. The van der Waals surface area contributed by atoms with Crippen LogP contribution in [-0.2, 0) is 17.9 Å². The predicted molar refractivity (Wildman–Crippen MR) is 138 cm³/mol. The molecule has 0 heterocycles. The SMILES string of the molecule is CCNC(=NCc1cccc(NC(=O)CN(C)C)c1)N(C)Cc1ccccc1OC.I. The van der Waals surface area contributed by atoms with Gasteiger partial charge in [0, 0.05) is 31.4 Å². The number of hydrogen-bond donors (Lipinski definition) is 2. The van der Waals surface area contributed by atoms with E-state index in [1.165, 1.54) is 0 Å². The first-order chi connectivity index (χ1) is 14.4. The van der Waals surface area contributed by atoms with Gasteiger partial charge in [-0.1, -0.05) is 30.3 Å². The van der Waals surface area contributed by atoms with Gasteiger partial charge in [0.1, 0.15) is 5.75 Å². The number of ether oxygens (including phenoxy) is 1. The Balaban J connectivity index is 0.00000480. The van der Waals surface area contributed by atoms with Gasteiger partial charge in [0.05, 0.1) is 20.2 Å². The molecule has 170 valence electrons. The molecule has 2 N–H and O–H groups in total. The van der Waals surface area contributed by atoms with Crippen molar-refractivity contribution in [2.75, 3.05) is 46.7 Å². The van der Waals surface area contributed by atoms with Crippen molar-refractivity contribution in [3.05, 3.63) is 59.7 Å². The van der Waals surface area contributed by atoms with Gasteiger partial charge in [0.15, 0.2) is 5.96 Å². The molecule has 0 unspecified atom stereocenters. The van der Waals surface area contributed by atoms with Gasteiger partial charge in [-0.3, -0.25) is 4.79 Å². The van der Waals surface area contributed by atoms with Crippen LogP contribution in [0.15, 0.2) is 53.5 Å². The molecule has 0 aliphatic carbocycles. The Morgan fingerprint density at radius 3 is 2.52 bits per heavy atom. The van der Waals surface area contributed by atoms with E-state index < -0.39 is 0 Å². The van der Waals surface area contributed by atoms with Crippen molar-refractivity contribution in [3.63, 3.8) is 0 Å². The van der Waals surface area contributed by atoms with E-state index in [1.807, 2.05) is 75.4 Å². The molecule has 0 atom stereocenters.